The number of carbonyl (C=O) groups is 2. The second-order valence-corrected chi connectivity index (χ2v) is 10.0. The highest BCUT2D eigenvalue weighted by atomic mass is 35.5. The second-order valence-electron chi connectivity index (χ2n) is 9.61. The molecule has 41 heavy (non-hydrogen) atoms. The molecule has 0 saturated carbocycles. The molecule has 206 valence electrons. The third-order valence-electron chi connectivity index (χ3n) is 7.00. The molecule has 0 spiro atoms. The van der Waals surface area contributed by atoms with E-state index in [4.69, 9.17) is 16.3 Å². The number of hydrogen-bond donors (Lipinski definition) is 2. The first kappa shape index (κ1) is 27.6. The Morgan fingerprint density at radius 2 is 1.88 bits per heavy atom. The molecule has 0 fully saturated rings. The number of aromatic amines is 1. The number of ether oxygens (including phenoxy) is 1. The average Bonchev–Trinajstić information content (AvgIpc) is 2.98. The van der Waals surface area contributed by atoms with E-state index in [9.17, 15) is 24.4 Å². The zero-order chi connectivity index (χ0) is 29.1. The van der Waals surface area contributed by atoms with Crippen molar-refractivity contribution in [1.29, 1.82) is 5.26 Å². The number of H-pyrrole nitrogens is 1. The van der Waals surface area contributed by atoms with E-state index < -0.39 is 35.1 Å². The summed E-state index contributed by atoms with van der Waals surface area (Å²) in [7, 11) is 1.49. The first-order chi connectivity index (χ1) is 19.7. The summed E-state index contributed by atoms with van der Waals surface area (Å²) < 4.78 is 6.92. The van der Waals surface area contributed by atoms with Gasteiger partial charge in [-0.1, -0.05) is 48.0 Å². The highest BCUT2D eigenvalue weighted by Gasteiger charge is 2.40. The van der Waals surface area contributed by atoms with Crippen LogP contribution in [0.1, 0.15) is 34.7 Å². The SMILES string of the molecule is Cn1c(=O)c(=O)[nH]c2cc(C3NC(=O)N=C(CCc4ccccc4Cl)C3C(=O)OCc3cccc(C#N)c3)ccc21. The number of fused-ring (bicyclic) bond motifs is 1. The molecule has 2 atom stereocenters. The predicted molar refractivity (Wildman–Crippen MR) is 153 cm³/mol. The number of amides is 2. The molecule has 11 heteroatoms. The minimum Gasteiger partial charge on any atom is -0.460 e. The van der Waals surface area contributed by atoms with Crippen LogP contribution in [0.25, 0.3) is 11.0 Å². The average molecular weight is 570 g/mol. The second kappa shape index (κ2) is 11.6. The lowest BCUT2D eigenvalue weighted by atomic mass is 9.85. The number of nitrogens with one attached hydrogen (secondary N) is 2. The largest absolute Gasteiger partial charge is 0.460 e. The van der Waals surface area contributed by atoms with Crippen LogP contribution in [0.5, 0.6) is 0 Å². The molecule has 3 aromatic carbocycles. The smallest absolute Gasteiger partial charge is 0.341 e. The van der Waals surface area contributed by atoms with Crippen LogP contribution in [0.2, 0.25) is 5.02 Å². The van der Waals surface area contributed by atoms with E-state index in [1.54, 1.807) is 48.5 Å². The van der Waals surface area contributed by atoms with E-state index >= 15 is 0 Å². The van der Waals surface area contributed by atoms with Crippen LogP contribution in [0.3, 0.4) is 0 Å². The molecule has 0 radical (unpaired) electrons. The number of nitrogens with zero attached hydrogens (tertiary/aromatic N) is 3. The molecule has 0 aliphatic carbocycles. The van der Waals surface area contributed by atoms with Gasteiger partial charge in [-0.2, -0.15) is 5.26 Å². The molecule has 2 unspecified atom stereocenters. The van der Waals surface area contributed by atoms with Gasteiger partial charge in [-0.05, 0) is 59.9 Å². The Morgan fingerprint density at radius 1 is 1.07 bits per heavy atom. The van der Waals surface area contributed by atoms with Crippen LogP contribution in [0.15, 0.2) is 81.3 Å². The van der Waals surface area contributed by atoms with E-state index in [-0.39, 0.29) is 13.0 Å². The van der Waals surface area contributed by atoms with Crippen LogP contribution >= 0.6 is 11.6 Å². The van der Waals surface area contributed by atoms with E-state index in [0.29, 0.717) is 44.9 Å². The van der Waals surface area contributed by atoms with Gasteiger partial charge in [0.05, 0.1) is 28.7 Å². The summed E-state index contributed by atoms with van der Waals surface area (Å²) in [5, 5.41) is 12.5. The zero-order valence-electron chi connectivity index (χ0n) is 21.9. The van der Waals surface area contributed by atoms with Gasteiger partial charge in [0.15, 0.2) is 0 Å². The highest BCUT2D eigenvalue weighted by molar-refractivity contribution is 6.31. The zero-order valence-corrected chi connectivity index (χ0v) is 22.6. The molecule has 2 amide bonds. The van der Waals surface area contributed by atoms with E-state index in [1.165, 1.54) is 11.6 Å². The lowest BCUT2D eigenvalue weighted by Gasteiger charge is -2.31. The normalized spacial score (nSPS) is 16.5. The molecule has 10 nitrogen and oxygen atoms in total. The maximum Gasteiger partial charge on any atom is 0.341 e. The number of aliphatic imine (C=N–C) groups is 1. The molecule has 5 rings (SSSR count). The van der Waals surface area contributed by atoms with Crippen molar-refractivity contribution in [2.45, 2.75) is 25.5 Å². The van der Waals surface area contributed by atoms with Gasteiger partial charge in [0, 0.05) is 17.8 Å². The van der Waals surface area contributed by atoms with E-state index in [2.05, 4.69) is 21.4 Å². The molecule has 1 aliphatic heterocycles. The van der Waals surface area contributed by atoms with Crippen molar-refractivity contribution in [2.75, 3.05) is 0 Å². The number of esters is 1. The number of benzene rings is 3. The summed E-state index contributed by atoms with van der Waals surface area (Å²) in [4.78, 5) is 57.4. The Morgan fingerprint density at radius 3 is 2.66 bits per heavy atom. The van der Waals surface area contributed by atoms with Gasteiger partial charge in [-0.15, -0.1) is 0 Å². The molecular weight excluding hydrogens is 546 g/mol. The Hall–Kier alpha value is -5.01. The van der Waals surface area contributed by atoms with Gasteiger partial charge >= 0.3 is 23.1 Å². The fraction of sp³-hybridized carbons (Fsp3) is 0.200. The predicted octanol–water partition coefficient (Wildman–Crippen LogP) is 3.95. The molecule has 1 aliphatic rings. The lowest BCUT2D eigenvalue weighted by molar-refractivity contribution is -0.148. The Kier molecular flexibility index (Phi) is 7.81. The third-order valence-corrected chi connectivity index (χ3v) is 7.37. The van der Waals surface area contributed by atoms with Gasteiger partial charge in [0.1, 0.15) is 12.5 Å². The van der Waals surface area contributed by atoms with Crippen LogP contribution in [-0.2, 0) is 29.6 Å². The number of aromatic nitrogens is 2. The van der Waals surface area contributed by atoms with Crippen molar-refractivity contribution < 1.29 is 14.3 Å². The quantitative estimate of drug-likeness (QED) is 0.254. The summed E-state index contributed by atoms with van der Waals surface area (Å²) in [6.45, 7) is -0.0868. The molecule has 2 heterocycles. The van der Waals surface area contributed by atoms with Gasteiger partial charge in [0.25, 0.3) is 0 Å². The molecule has 2 N–H and O–H groups in total. The first-order valence-electron chi connectivity index (χ1n) is 12.7. The Labute approximate surface area is 238 Å². The number of aryl methyl sites for hydroxylation is 2. The fourth-order valence-electron chi connectivity index (χ4n) is 4.92. The van der Waals surface area contributed by atoms with Gasteiger partial charge in [-0.3, -0.25) is 14.4 Å². The first-order valence-corrected chi connectivity index (χ1v) is 13.1. The van der Waals surface area contributed by atoms with Crippen molar-refractivity contribution in [1.82, 2.24) is 14.9 Å². The number of urea groups is 1. The number of halogens is 1. The van der Waals surface area contributed by atoms with Crippen LogP contribution in [0.4, 0.5) is 4.79 Å². The molecule has 1 aromatic heterocycles. The summed E-state index contributed by atoms with van der Waals surface area (Å²) in [5.41, 5.74) is 2.09. The van der Waals surface area contributed by atoms with Crippen molar-refractivity contribution >= 4 is 40.3 Å². The van der Waals surface area contributed by atoms with Crippen molar-refractivity contribution in [3.8, 4) is 6.07 Å². The fourth-order valence-corrected chi connectivity index (χ4v) is 5.15. The van der Waals surface area contributed by atoms with Crippen molar-refractivity contribution in [3.05, 3.63) is 115 Å². The van der Waals surface area contributed by atoms with Crippen molar-refractivity contribution in [2.24, 2.45) is 18.0 Å². The molecular formula is C30H24ClN5O5. The molecule has 4 aromatic rings. The number of rotatable bonds is 7. The van der Waals surface area contributed by atoms with Crippen LogP contribution in [0, 0.1) is 17.2 Å². The van der Waals surface area contributed by atoms with E-state index in [1.807, 2.05) is 18.2 Å². The molecule has 0 saturated heterocycles. The summed E-state index contributed by atoms with van der Waals surface area (Å²) in [5.74, 6) is -1.62. The van der Waals surface area contributed by atoms with Crippen molar-refractivity contribution in [3.63, 3.8) is 0 Å². The lowest BCUT2D eigenvalue weighted by Crippen LogP contribution is -2.45. The number of carbonyl (C=O) groups excluding carboxylic acids is 2. The topological polar surface area (TPSA) is 146 Å². The summed E-state index contributed by atoms with van der Waals surface area (Å²) in [6.07, 6.45) is 0.690. The molecule has 0 bridgehead atoms. The third kappa shape index (κ3) is 5.81. The highest BCUT2D eigenvalue weighted by Crippen LogP contribution is 2.32. The van der Waals surface area contributed by atoms with Crippen LogP contribution in [-0.4, -0.2) is 27.3 Å². The summed E-state index contributed by atoms with van der Waals surface area (Å²) in [6, 6.07) is 19.5. The standard InChI is InChI=1S/C30H24ClN5O5/c1-36-24-12-10-20(14-23(24)33-27(37)28(36)38)26-25(29(39)41-16-18-6-4-5-17(13-18)15-32)22(34-30(40)35-26)11-9-19-7-2-3-8-21(19)31/h2-8,10,12-14,25-26H,9,11,16H2,1H3,(H,33,37)(H,35,40). The maximum absolute atomic E-state index is 13.7. The van der Waals surface area contributed by atoms with Gasteiger partial charge in [0.2, 0.25) is 0 Å². The minimum atomic E-state index is -0.994. The van der Waals surface area contributed by atoms with Gasteiger partial charge < -0.3 is 19.6 Å². The van der Waals surface area contributed by atoms with E-state index in [0.717, 1.165) is 5.56 Å². The number of nitriles is 1. The van der Waals surface area contributed by atoms with Gasteiger partial charge in [-0.25, -0.2) is 9.79 Å². The van der Waals surface area contributed by atoms with Crippen LogP contribution < -0.4 is 16.4 Å². The summed E-state index contributed by atoms with van der Waals surface area (Å²) >= 11 is 6.34. The Bertz CT molecular complexity index is 1870. The monoisotopic (exact) mass is 569 g/mol. The Balaban J connectivity index is 1.51. The maximum atomic E-state index is 13.7. The minimum absolute atomic E-state index is 0.0868. The number of hydrogen-bond acceptors (Lipinski definition) is 6.